The number of hydrogen-bond acceptors (Lipinski definition) is 6. The molecule has 3 aromatic heterocycles. The maximum absolute atomic E-state index is 14.6. The fourth-order valence-corrected chi connectivity index (χ4v) is 4.69. The van der Waals surface area contributed by atoms with Crippen LogP contribution in [0.4, 0.5) is 4.39 Å². The minimum atomic E-state index is -0.405. The number of benzene rings is 1. The summed E-state index contributed by atoms with van der Waals surface area (Å²) >= 11 is 0. The fourth-order valence-electron chi connectivity index (χ4n) is 4.69. The summed E-state index contributed by atoms with van der Waals surface area (Å²) in [6.07, 6.45) is 5.29. The molecule has 4 aromatic rings. The molecule has 1 aromatic carbocycles. The van der Waals surface area contributed by atoms with Crippen LogP contribution in [-0.4, -0.2) is 49.0 Å². The Morgan fingerprint density at radius 3 is 2.81 bits per heavy atom. The van der Waals surface area contributed by atoms with Crippen molar-refractivity contribution < 1.29 is 9.13 Å². The van der Waals surface area contributed by atoms with Gasteiger partial charge >= 0.3 is 5.69 Å². The molecular formula is C25H28ClFN6O3. The SMILES string of the molecule is Cc1cc(F)cc(-c2ncnn3cc(Cn4c(=O)ccn(C)c4=O)cc23)c1CC1CNC[C@H](C)O1.Cl. The fraction of sp³-hybridized carbons (Fsp3) is 0.360. The zero-order valence-corrected chi connectivity index (χ0v) is 21.1. The van der Waals surface area contributed by atoms with E-state index >= 15 is 0 Å². The smallest absolute Gasteiger partial charge is 0.331 e. The van der Waals surface area contributed by atoms with Crippen LogP contribution >= 0.6 is 12.4 Å². The van der Waals surface area contributed by atoms with Crippen molar-refractivity contribution in [3.05, 3.63) is 86.3 Å². The van der Waals surface area contributed by atoms with Crippen LogP contribution in [0.1, 0.15) is 23.6 Å². The third-order valence-corrected chi connectivity index (χ3v) is 6.40. The molecule has 0 amide bonds. The molecule has 1 aliphatic heterocycles. The van der Waals surface area contributed by atoms with Crippen LogP contribution in [0.2, 0.25) is 0 Å². The molecule has 0 bridgehead atoms. The van der Waals surface area contributed by atoms with Gasteiger partial charge in [0, 0.05) is 50.6 Å². The molecule has 1 unspecified atom stereocenters. The quantitative estimate of drug-likeness (QED) is 0.438. The van der Waals surface area contributed by atoms with Gasteiger partial charge < -0.3 is 14.6 Å². The van der Waals surface area contributed by atoms with E-state index in [0.29, 0.717) is 28.8 Å². The average molecular weight is 515 g/mol. The van der Waals surface area contributed by atoms with Gasteiger partial charge in [-0.25, -0.2) is 18.7 Å². The number of aryl methyl sites for hydroxylation is 2. The van der Waals surface area contributed by atoms with Crippen molar-refractivity contribution in [3.8, 4) is 11.3 Å². The third kappa shape index (κ3) is 4.97. The molecule has 36 heavy (non-hydrogen) atoms. The number of morpholine rings is 1. The Hall–Kier alpha value is -3.34. The van der Waals surface area contributed by atoms with E-state index in [1.807, 2.05) is 19.9 Å². The molecule has 11 heteroatoms. The second kappa shape index (κ2) is 10.3. The van der Waals surface area contributed by atoms with Gasteiger partial charge in [0.15, 0.2) is 0 Å². The van der Waals surface area contributed by atoms with Crippen LogP contribution in [0.15, 0.2) is 52.6 Å². The van der Waals surface area contributed by atoms with Crippen LogP contribution in [0.25, 0.3) is 16.8 Å². The molecule has 1 N–H and O–H groups in total. The number of ether oxygens (including phenoxy) is 1. The van der Waals surface area contributed by atoms with Crippen molar-refractivity contribution in [2.75, 3.05) is 13.1 Å². The predicted octanol–water partition coefficient (Wildman–Crippen LogP) is 2.09. The van der Waals surface area contributed by atoms with Crippen molar-refractivity contribution in [3.63, 3.8) is 0 Å². The normalized spacial score (nSPS) is 17.8. The van der Waals surface area contributed by atoms with E-state index in [1.54, 1.807) is 17.8 Å². The summed E-state index contributed by atoms with van der Waals surface area (Å²) in [4.78, 5) is 29.3. The highest BCUT2D eigenvalue weighted by Gasteiger charge is 2.23. The lowest BCUT2D eigenvalue weighted by Crippen LogP contribution is -2.44. The van der Waals surface area contributed by atoms with Crippen LogP contribution in [0.5, 0.6) is 0 Å². The first-order valence-corrected chi connectivity index (χ1v) is 11.5. The van der Waals surface area contributed by atoms with Gasteiger partial charge in [0.2, 0.25) is 0 Å². The minimum Gasteiger partial charge on any atom is -0.372 e. The second-order valence-electron chi connectivity index (χ2n) is 9.10. The summed E-state index contributed by atoms with van der Waals surface area (Å²) < 4.78 is 24.8. The molecule has 5 rings (SSSR count). The zero-order chi connectivity index (χ0) is 24.7. The molecule has 190 valence electrons. The monoisotopic (exact) mass is 514 g/mol. The number of halogens is 2. The predicted molar refractivity (Wildman–Crippen MR) is 136 cm³/mol. The van der Waals surface area contributed by atoms with Crippen molar-refractivity contribution in [1.29, 1.82) is 0 Å². The first kappa shape index (κ1) is 25.7. The molecule has 1 saturated heterocycles. The molecule has 2 atom stereocenters. The molecule has 1 aliphatic rings. The first-order valence-electron chi connectivity index (χ1n) is 11.5. The Morgan fingerprint density at radius 2 is 2.03 bits per heavy atom. The lowest BCUT2D eigenvalue weighted by atomic mass is 9.93. The minimum absolute atomic E-state index is 0. The molecule has 9 nitrogen and oxygen atoms in total. The number of fused-ring (bicyclic) bond motifs is 1. The Balaban J connectivity index is 0.00000304. The van der Waals surface area contributed by atoms with E-state index in [9.17, 15) is 14.0 Å². The highest BCUT2D eigenvalue weighted by molar-refractivity contribution is 5.85. The molecule has 1 fully saturated rings. The van der Waals surface area contributed by atoms with E-state index in [0.717, 1.165) is 28.8 Å². The number of rotatable bonds is 5. The lowest BCUT2D eigenvalue weighted by Gasteiger charge is -2.29. The Kier molecular flexibility index (Phi) is 7.39. The maximum atomic E-state index is 14.6. The molecule has 0 saturated carbocycles. The first-order chi connectivity index (χ1) is 16.8. The van der Waals surface area contributed by atoms with Gasteiger partial charge in [-0.15, -0.1) is 12.4 Å². The van der Waals surface area contributed by atoms with E-state index in [4.69, 9.17) is 4.74 Å². The van der Waals surface area contributed by atoms with Crippen molar-refractivity contribution >= 4 is 17.9 Å². The van der Waals surface area contributed by atoms with E-state index in [2.05, 4.69) is 15.4 Å². The largest absolute Gasteiger partial charge is 0.372 e. The summed E-state index contributed by atoms with van der Waals surface area (Å²) in [6.45, 7) is 5.53. The number of aromatic nitrogens is 5. The van der Waals surface area contributed by atoms with Gasteiger partial charge in [-0.05, 0) is 48.7 Å². The van der Waals surface area contributed by atoms with Crippen molar-refractivity contribution in [2.45, 2.75) is 39.0 Å². The Labute approximate surface area is 213 Å². The molecular weight excluding hydrogens is 487 g/mol. The average Bonchev–Trinajstić information content (AvgIpc) is 3.24. The van der Waals surface area contributed by atoms with Gasteiger partial charge in [-0.1, -0.05) is 0 Å². The second-order valence-corrected chi connectivity index (χ2v) is 9.10. The standard InChI is InChI=1S/C25H27FN6O3.ClH/c1-15-6-18(26)8-21(20(15)9-19-11-27-10-16(2)35-19)24-22-7-17(13-32(22)29-14-28-24)12-31-23(33)4-5-30(3)25(31)34;/h4-8,13-14,16,19,27H,9-12H2,1-3H3;1H/t16-,19?;/m0./s1. The Morgan fingerprint density at radius 1 is 1.22 bits per heavy atom. The van der Waals surface area contributed by atoms with Gasteiger partial charge in [0.1, 0.15) is 12.1 Å². The Bertz CT molecular complexity index is 1530. The molecule has 0 radical (unpaired) electrons. The van der Waals surface area contributed by atoms with Crippen LogP contribution < -0.4 is 16.6 Å². The number of nitrogens with one attached hydrogen (secondary N) is 1. The zero-order valence-electron chi connectivity index (χ0n) is 20.3. The van der Waals surface area contributed by atoms with E-state index in [-0.39, 0.29) is 42.5 Å². The van der Waals surface area contributed by atoms with Gasteiger partial charge in [0.25, 0.3) is 5.56 Å². The summed E-state index contributed by atoms with van der Waals surface area (Å²) in [7, 11) is 1.60. The van der Waals surface area contributed by atoms with Gasteiger partial charge in [0.05, 0.1) is 30.0 Å². The highest BCUT2D eigenvalue weighted by atomic mass is 35.5. The van der Waals surface area contributed by atoms with Crippen molar-refractivity contribution in [2.24, 2.45) is 7.05 Å². The van der Waals surface area contributed by atoms with Gasteiger partial charge in [-0.2, -0.15) is 5.10 Å². The van der Waals surface area contributed by atoms with E-state index in [1.165, 1.54) is 35.3 Å². The number of nitrogens with zero attached hydrogens (tertiary/aromatic N) is 5. The lowest BCUT2D eigenvalue weighted by molar-refractivity contribution is -0.0262. The summed E-state index contributed by atoms with van der Waals surface area (Å²) in [6, 6.07) is 6.21. The summed E-state index contributed by atoms with van der Waals surface area (Å²) in [5, 5.41) is 7.68. The third-order valence-electron chi connectivity index (χ3n) is 6.40. The topological polar surface area (TPSA) is 95.5 Å². The molecule has 0 aliphatic carbocycles. The summed E-state index contributed by atoms with van der Waals surface area (Å²) in [5.41, 5.74) is 3.62. The van der Waals surface area contributed by atoms with Gasteiger partial charge in [-0.3, -0.25) is 9.36 Å². The highest BCUT2D eigenvalue weighted by Crippen LogP contribution is 2.31. The van der Waals surface area contributed by atoms with E-state index < -0.39 is 5.69 Å². The maximum Gasteiger partial charge on any atom is 0.331 e. The number of hydrogen-bond donors (Lipinski definition) is 1. The van der Waals surface area contributed by atoms with Crippen LogP contribution in [0.3, 0.4) is 0 Å². The van der Waals surface area contributed by atoms with Crippen molar-refractivity contribution in [1.82, 2.24) is 29.0 Å². The van der Waals surface area contributed by atoms with Crippen LogP contribution in [0, 0.1) is 12.7 Å². The summed E-state index contributed by atoms with van der Waals surface area (Å²) in [5.74, 6) is -0.347. The van der Waals surface area contributed by atoms with Crippen LogP contribution in [-0.2, 0) is 24.8 Å². The molecule has 0 spiro atoms. The molecule has 4 heterocycles.